The first kappa shape index (κ1) is 19.9. The molecule has 0 bridgehead atoms. The van der Waals surface area contributed by atoms with Crippen molar-refractivity contribution in [1.82, 2.24) is 4.98 Å². The maximum atomic E-state index is 12.1. The Labute approximate surface area is 164 Å². The van der Waals surface area contributed by atoms with Crippen LogP contribution in [0.3, 0.4) is 0 Å². The van der Waals surface area contributed by atoms with E-state index in [-0.39, 0.29) is 12.5 Å². The highest BCUT2D eigenvalue weighted by Crippen LogP contribution is 2.24. The Bertz CT molecular complexity index is 987. The van der Waals surface area contributed by atoms with Gasteiger partial charge in [-0.2, -0.15) is 0 Å². The van der Waals surface area contributed by atoms with Crippen molar-refractivity contribution in [2.45, 2.75) is 32.4 Å². The van der Waals surface area contributed by atoms with Crippen LogP contribution in [-0.2, 0) is 17.8 Å². The van der Waals surface area contributed by atoms with E-state index in [1.807, 2.05) is 55.5 Å². The average Bonchev–Trinajstić information content (AvgIpc) is 2.68. The Morgan fingerprint density at radius 2 is 1.96 bits per heavy atom. The van der Waals surface area contributed by atoms with Crippen molar-refractivity contribution in [1.29, 1.82) is 0 Å². The summed E-state index contributed by atoms with van der Waals surface area (Å²) in [7, 11) is 0. The molecular weight excluding hydrogens is 352 g/mol. The normalized spacial score (nSPS) is 12.1. The molecule has 0 saturated heterocycles. The summed E-state index contributed by atoms with van der Waals surface area (Å²) >= 11 is 0. The van der Waals surface area contributed by atoms with Gasteiger partial charge in [-0.05, 0) is 61.2 Å². The summed E-state index contributed by atoms with van der Waals surface area (Å²) in [5.74, 6) is -0.238. The Morgan fingerprint density at radius 3 is 2.71 bits per heavy atom. The molecule has 6 heteroatoms. The SMILES string of the molecule is Cc1cc(CO)c2cccc(Cc3cccc(NC(=O)[C@@H](N)CCN)c3)c2n1. The zero-order valence-corrected chi connectivity index (χ0v) is 16.0. The molecule has 0 fully saturated rings. The number of carbonyl (C=O) groups excluding carboxylic acids is 1. The molecule has 1 atom stereocenters. The number of nitrogens with one attached hydrogen (secondary N) is 1. The third-order valence-electron chi connectivity index (χ3n) is 4.71. The van der Waals surface area contributed by atoms with E-state index in [4.69, 9.17) is 11.5 Å². The number of fused-ring (bicyclic) bond motifs is 1. The first-order valence-corrected chi connectivity index (χ1v) is 9.36. The average molecular weight is 378 g/mol. The van der Waals surface area contributed by atoms with Gasteiger partial charge in [-0.3, -0.25) is 9.78 Å². The summed E-state index contributed by atoms with van der Waals surface area (Å²) in [4.78, 5) is 16.8. The van der Waals surface area contributed by atoms with Gasteiger partial charge in [-0.1, -0.05) is 30.3 Å². The zero-order chi connectivity index (χ0) is 20.1. The molecule has 0 aliphatic rings. The first-order chi connectivity index (χ1) is 13.5. The fourth-order valence-corrected chi connectivity index (χ4v) is 3.32. The predicted octanol–water partition coefficient (Wildman–Crippen LogP) is 2.24. The molecule has 0 radical (unpaired) electrons. The molecule has 6 nitrogen and oxygen atoms in total. The van der Waals surface area contributed by atoms with Gasteiger partial charge in [-0.15, -0.1) is 0 Å². The van der Waals surface area contributed by atoms with Crippen LogP contribution in [0.5, 0.6) is 0 Å². The van der Waals surface area contributed by atoms with Crippen molar-refractivity contribution >= 4 is 22.5 Å². The molecule has 0 unspecified atom stereocenters. The lowest BCUT2D eigenvalue weighted by molar-refractivity contribution is -0.117. The number of aryl methyl sites for hydroxylation is 1. The summed E-state index contributed by atoms with van der Waals surface area (Å²) in [6.07, 6.45) is 1.11. The monoisotopic (exact) mass is 378 g/mol. The van der Waals surface area contributed by atoms with Crippen molar-refractivity contribution in [3.63, 3.8) is 0 Å². The molecule has 0 aliphatic carbocycles. The molecule has 146 valence electrons. The van der Waals surface area contributed by atoms with Gasteiger partial charge in [0, 0.05) is 16.8 Å². The highest BCUT2D eigenvalue weighted by atomic mass is 16.3. The van der Waals surface area contributed by atoms with Gasteiger partial charge in [0.1, 0.15) is 0 Å². The van der Waals surface area contributed by atoms with Crippen LogP contribution in [0.25, 0.3) is 10.9 Å². The maximum Gasteiger partial charge on any atom is 0.241 e. The van der Waals surface area contributed by atoms with Crippen molar-refractivity contribution in [3.05, 3.63) is 70.9 Å². The molecule has 2 aromatic carbocycles. The lowest BCUT2D eigenvalue weighted by Crippen LogP contribution is -2.37. The van der Waals surface area contributed by atoms with E-state index < -0.39 is 6.04 Å². The number of pyridine rings is 1. The van der Waals surface area contributed by atoms with Crippen LogP contribution in [0.2, 0.25) is 0 Å². The minimum atomic E-state index is -0.615. The van der Waals surface area contributed by atoms with E-state index in [2.05, 4.69) is 10.3 Å². The third kappa shape index (κ3) is 4.54. The molecule has 1 heterocycles. The molecule has 28 heavy (non-hydrogen) atoms. The second-order valence-corrected chi connectivity index (χ2v) is 6.94. The Morgan fingerprint density at radius 1 is 1.18 bits per heavy atom. The fraction of sp³-hybridized carbons (Fsp3) is 0.273. The number of aromatic nitrogens is 1. The number of hydrogen-bond acceptors (Lipinski definition) is 5. The van der Waals surface area contributed by atoms with Crippen LogP contribution in [0.1, 0.15) is 28.8 Å². The lowest BCUT2D eigenvalue weighted by atomic mass is 9.99. The van der Waals surface area contributed by atoms with E-state index in [1.54, 1.807) is 0 Å². The highest BCUT2D eigenvalue weighted by molar-refractivity contribution is 5.94. The maximum absolute atomic E-state index is 12.1. The molecule has 3 rings (SSSR count). The Balaban J connectivity index is 1.87. The summed E-state index contributed by atoms with van der Waals surface area (Å²) < 4.78 is 0. The third-order valence-corrected chi connectivity index (χ3v) is 4.71. The summed E-state index contributed by atoms with van der Waals surface area (Å²) in [6, 6.07) is 15.0. The molecule has 3 aromatic rings. The number of para-hydroxylation sites is 1. The van der Waals surface area contributed by atoms with E-state index in [1.165, 1.54) is 0 Å². The standard InChI is InChI=1S/C22H26N4O2/c1-14-10-17(13-27)19-7-3-5-16(21(19)25-14)11-15-4-2-6-18(12-15)26-22(28)20(24)8-9-23/h2-7,10,12,20,27H,8-9,11,13,23-24H2,1H3,(H,26,28)/t20-/m0/s1. The predicted molar refractivity (Wildman–Crippen MR) is 112 cm³/mol. The van der Waals surface area contributed by atoms with Crippen LogP contribution >= 0.6 is 0 Å². The molecule has 1 aromatic heterocycles. The van der Waals surface area contributed by atoms with E-state index in [0.29, 0.717) is 25.1 Å². The number of anilines is 1. The minimum Gasteiger partial charge on any atom is -0.392 e. The summed E-state index contributed by atoms with van der Waals surface area (Å²) in [5.41, 5.74) is 16.7. The minimum absolute atomic E-state index is 0.0200. The number of nitrogens with zero attached hydrogens (tertiary/aromatic N) is 1. The van der Waals surface area contributed by atoms with Gasteiger partial charge < -0.3 is 21.9 Å². The molecule has 0 spiro atoms. The number of hydrogen-bond donors (Lipinski definition) is 4. The van der Waals surface area contributed by atoms with Gasteiger partial charge in [0.15, 0.2) is 0 Å². The van der Waals surface area contributed by atoms with Gasteiger partial charge >= 0.3 is 0 Å². The number of nitrogens with two attached hydrogens (primary N) is 2. The Kier molecular flexibility index (Phi) is 6.36. The van der Waals surface area contributed by atoms with Crippen molar-refractivity contribution in [3.8, 4) is 0 Å². The van der Waals surface area contributed by atoms with Crippen LogP contribution in [0.15, 0.2) is 48.5 Å². The Hall–Kier alpha value is -2.80. The number of benzene rings is 2. The second-order valence-electron chi connectivity index (χ2n) is 6.94. The van der Waals surface area contributed by atoms with E-state index in [0.717, 1.165) is 33.3 Å². The molecular formula is C22H26N4O2. The summed E-state index contributed by atoms with van der Waals surface area (Å²) in [6.45, 7) is 2.28. The number of carbonyl (C=O) groups is 1. The lowest BCUT2D eigenvalue weighted by Gasteiger charge is -2.13. The van der Waals surface area contributed by atoms with Crippen LogP contribution < -0.4 is 16.8 Å². The van der Waals surface area contributed by atoms with Crippen molar-refractivity contribution in [2.24, 2.45) is 11.5 Å². The van der Waals surface area contributed by atoms with Crippen LogP contribution in [0, 0.1) is 6.92 Å². The zero-order valence-electron chi connectivity index (χ0n) is 16.0. The van der Waals surface area contributed by atoms with Crippen LogP contribution in [0.4, 0.5) is 5.69 Å². The van der Waals surface area contributed by atoms with Crippen LogP contribution in [-0.4, -0.2) is 28.6 Å². The molecule has 0 saturated carbocycles. The quantitative estimate of drug-likeness (QED) is 0.503. The van der Waals surface area contributed by atoms with Crippen molar-refractivity contribution in [2.75, 3.05) is 11.9 Å². The largest absolute Gasteiger partial charge is 0.392 e. The number of rotatable bonds is 7. The van der Waals surface area contributed by atoms with Crippen molar-refractivity contribution < 1.29 is 9.90 Å². The molecule has 1 amide bonds. The van der Waals surface area contributed by atoms with Gasteiger partial charge in [0.2, 0.25) is 5.91 Å². The number of amides is 1. The smallest absolute Gasteiger partial charge is 0.241 e. The highest BCUT2D eigenvalue weighted by Gasteiger charge is 2.13. The molecule has 6 N–H and O–H groups in total. The first-order valence-electron chi connectivity index (χ1n) is 9.36. The van der Waals surface area contributed by atoms with Gasteiger partial charge in [0.05, 0.1) is 18.2 Å². The number of aliphatic hydroxyl groups is 1. The second kappa shape index (κ2) is 8.93. The summed E-state index contributed by atoms with van der Waals surface area (Å²) in [5, 5.41) is 13.5. The van der Waals surface area contributed by atoms with Gasteiger partial charge in [-0.25, -0.2) is 0 Å². The fourth-order valence-electron chi connectivity index (χ4n) is 3.32. The number of aliphatic hydroxyl groups excluding tert-OH is 1. The van der Waals surface area contributed by atoms with E-state index >= 15 is 0 Å². The van der Waals surface area contributed by atoms with E-state index in [9.17, 15) is 9.90 Å². The topological polar surface area (TPSA) is 114 Å². The molecule has 0 aliphatic heterocycles. The van der Waals surface area contributed by atoms with Gasteiger partial charge in [0.25, 0.3) is 0 Å².